The van der Waals surface area contributed by atoms with E-state index in [-0.39, 0.29) is 6.04 Å². The fraction of sp³-hybridized carbons (Fsp3) is 0.154. The molecular weight excluding hydrogens is 269 g/mol. The van der Waals surface area contributed by atoms with Gasteiger partial charge in [0.2, 0.25) is 0 Å². The van der Waals surface area contributed by atoms with Gasteiger partial charge in [0.1, 0.15) is 0 Å². The first-order valence-corrected chi connectivity index (χ1v) is 6.26. The van der Waals surface area contributed by atoms with Gasteiger partial charge >= 0.3 is 0 Å². The van der Waals surface area contributed by atoms with Crippen molar-refractivity contribution in [2.75, 3.05) is 0 Å². The van der Waals surface area contributed by atoms with Crippen LogP contribution in [0.2, 0.25) is 10.0 Å². The Morgan fingerprint density at radius 2 is 1.83 bits per heavy atom. The van der Waals surface area contributed by atoms with Crippen LogP contribution in [0.1, 0.15) is 17.2 Å². The van der Waals surface area contributed by atoms with Crippen LogP contribution in [0.15, 0.2) is 42.7 Å². The maximum atomic E-state index is 5.99. The van der Waals surface area contributed by atoms with Crippen molar-refractivity contribution in [1.29, 1.82) is 0 Å². The van der Waals surface area contributed by atoms with Gasteiger partial charge in [-0.2, -0.15) is 0 Å². The van der Waals surface area contributed by atoms with Crippen LogP contribution < -0.4 is 11.3 Å². The Labute approximate surface area is 116 Å². The lowest BCUT2D eigenvalue weighted by molar-refractivity contribution is 0.551. The van der Waals surface area contributed by atoms with Crippen molar-refractivity contribution in [3.63, 3.8) is 0 Å². The number of nitrogens with one attached hydrogen (secondary N) is 1. The fourth-order valence-corrected chi connectivity index (χ4v) is 2.09. The quantitative estimate of drug-likeness (QED) is 0.669. The maximum absolute atomic E-state index is 5.99. The summed E-state index contributed by atoms with van der Waals surface area (Å²) < 4.78 is 0. The number of aromatic nitrogens is 1. The highest BCUT2D eigenvalue weighted by molar-refractivity contribution is 6.42. The summed E-state index contributed by atoms with van der Waals surface area (Å²) in [6.07, 6.45) is 4.22. The number of nitrogens with two attached hydrogens (primary N) is 1. The normalized spacial score (nSPS) is 12.4. The van der Waals surface area contributed by atoms with Gasteiger partial charge in [-0.25, -0.2) is 0 Å². The summed E-state index contributed by atoms with van der Waals surface area (Å²) in [5.74, 6) is 5.59. The molecule has 0 saturated carbocycles. The number of hydrogen-bond donors (Lipinski definition) is 2. The number of pyridine rings is 1. The minimum atomic E-state index is 0.0187. The lowest BCUT2D eigenvalue weighted by atomic mass is 10.0. The molecule has 1 aromatic heterocycles. The molecule has 0 aliphatic heterocycles. The smallest absolute Gasteiger partial charge is 0.0595 e. The number of nitrogens with zero attached hydrogens (tertiary/aromatic N) is 1. The Morgan fingerprint density at radius 3 is 2.44 bits per heavy atom. The predicted molar refractivity (Wildman–Crippen MR) is 74.5 cm³/mol. The molecule has 2 rings (SSSR count). The molecule has 1 unspecified atom stereocenters. The standard InChI is InChI=1S/C13H13Cl2N3/c14-11-2-1-9(7-12(11)15)8-13(18-16)10-3-5-17-6-4-10/h1-7,13,18H,8,16H2. The molecule has 94 valence electrons. The molecule has 5 heteroatoms. The largest absolute Gasteiger partial charge is 0.271 e. The number of halogens is 2. The average Bonchev–Trinajstić information content (AvgIpc) is 2.41. The summed E-state index contributed by atoms with van der Waals surface area (Å²) in [6, 6.07) is 9.48. The second-order valence-corrected chi connectivity index (χ2v) is 4.77. The average molecular weight is 282 g/mol. The summed E-state index contributed by atoms with van der Waals surface area (Å²) >= 11 is 11.9. The molecule has 0 saturated heterocycles. The van der Waals surface area contributed by atoms with E-state index >= 15 is 0 Å². The first-order valence-electron chi connectivity index (χ1n) is 5.50. The first-order chi connectivity index (χ1) is 8.70. The Bertz CT molecular complexity index is 517. The molecule has 1 atom stereocenters. The summed E-state index contributed by atoms with van der Waals surface area (Å²) in [7, 11) is 0. The van der Waals surface area contributed by atoms with E-state index in [4.69, 9.17) is 29.0 Å². The monoisotopic (exact) mass is 281 g/mol. The van der Waals surface area contributed by atoms with Crippen molar-refractivity contribution in [3.05, 3.63) is 63.9 Å². The Kier molecular flexibility index (Phi) is 4.55. The van der Waals surface area contributed by atoms with E-state index in [9.17, 15) is 0 Å². The molecule has 3 N–H and O–H groups in total. The van der Waals surface area contributed by atoms with Gasteiger partial charge in [-0.3, -0.25) is 16.3 Å². The van der Waals surface area contributed by atoms with Gasteiger partial charge in [0.15, 0.2) is 0 Å². The minimum absolute atomic E-state index is 0.0187. The van der Waals surface area contributed by atoms with E-state index in [2.05, 4.69) is 10.4 Å². The molecule has 0 spiro atoms. The molecule has 0 amide bonds. The van der Waals surface area contributed by atoms with Crippen molar-refractivity contribution < 1.29 is 0 Å². The van der Waals surface area contributed by atoms with E-state index in [1.54, 1.807) is 18.5 Å². The van der Waals surface area contributed by atoms with Crippen LogP contribution in [0.5, 0.6) is 0 Å². The number of benzene rings is 1. The van der Waals surface area contributed by atoms with Crippen molar-refractivity contribution in [3.8, 4) is 0 Å². The number of hydrazine groups is 1. The van der Waals surface area contributed by atoms with E-state index in [1.807, 2.05) is 24.3 Å². The molecular formula is C13H13Cl2N3. The Balaban J connectivity index is 2.18. The van der Waals surface area contributed by atoms with Gasteiger partial charge in [0.25, 0.3) is 0 Å². The van der Waals surface area contributed by atoms with E-state index in [0.29, 0.717) is 10.0 Å². The highest BCUT2D eigenvalue weighted by Crippen LogP contribution is 2.25. The zero-order chi connectivity index (χ0) is 13.0. The minimum Gasteiger partial charge on any atom is -0.271 e. The second kappa shape index (κ2) is 6.16. The van der Waals surface area contributed by atoms with E-state index in [1.165, 1.54) is 0 Å². The first kappa shape index (κ1) is 13.3. The summed E-state index contributed by atoms with van der Waals surface area (Å²) in [5.41, 5.74) is 4.95. The highest BCUT2D eigenvalue weighted by atomic mass is 35.5. The van der Waals surface area contributed by atoms with Crippen molar-refractivity contribution in [2.24, 2.45) is 5.84 Å². The molecule has 18 heavy (non-hydrogen) atoms. The lowest BCUT2D eigenvalue weighted by Crippen LogP contribution is -2.29. The van der Waals surface area contributed by atoms with E-state index in [0.717, 1.165) is 17.5 Å². The third-order valence-corrected chi connectivity index (χ3v) is 3.47. The van der Waals surface area contributed by atoms with Gasteiger partial charge in [-0.05, 0) is 41.8 Å². The zero-order valence-electron chi connectivity index (χ0n) is 9.61. The molecule has 2 aromatic rings. The molecule has 1 aromatic carbocycles. The Hall–Kier alpha value is -1.13. The summed E-state index contributed by atoms with van der Waals surface area (Å²) in [4.78, 5) is 3.99. The van der Waals surface area contributed by atoms with E-state index < -0.39 is 0 Å². The maximum Gasteiger partial charge on any atom is 0.0595 e. The van der Waals surface area contributed by atoms with Crippen LogP contribution in [0.3, 0.4) is 0 Å². The molecule has 0 radical (unpaired) electrons. The van der Waals surface area contributed by atoms with Crippen LogP contribution in [0.25, 0.3) is 0 Å². The SMILES string of the molecule is NNC(Cc1ccc(Cl)c(Cl)c1)c1ccncc1. The van der Waals surface area contributed by atoms with Crippen LogP contribution >= 0.6 is 23.2 Å². The third kappa shape index (κ3) is 3.21. The van der Waals surface area contributed by atoms with Crippen LogP contribution in [0.4, 0.5) is 0 Å². The van der Waals surface area contributed by atoms with Crippen molar-refractivity contribution >= 4 is 23.2 Å². The van der Waals surface area contributed by atoms with Crippen molar-refractivity contribution in [1.82, 2.24) is 10.4 Å². The topological polar surface area (TPSA) is 50.9 Å². The molecule has 0 fully saturated rings. The highest BCUT2D eigenvalue weighted by Gasteiger charge is 2.11. The van der Waals surface area contributed by atoms with Crippen molar-refractivity contribution in [2.45, 2.75) is 12.5 Å². The lowest BCUT2D eigenvalue weighted by Gasteiger charge is -2.16. The van der Waals surface area contributed by atoms with Crippen LogP contribution in [-0.2, 0) is 6.42 Å². The van der Waals surface area contributed by atoms with Gasteiger partial charge < -0.3 is 0 Å². The second-order valence-electron chi connectivity index (χ2n) is 3.95. The number of rotatable bonds is 4. The van der Waals surface area contributed by atoms with Crippen LogP contribution in [-0.4, -0.2) is 4.98 Å². The third-order valence-electron chi connectivity index (χ3n) is 2.73. The molecule has 0 aliphatic carbocycles. The predicted octanol–water partition coefficient (Wildman–Crippen LogP) is 3.14. The van der Waals surface area contributed by atoms with Gasteiger partial charge in [-0.15, -0.1) is 0 Å². The van der Waals surface area contributed by atoms with Gasteiger partial charge in [0, 0.05) is 12.4 Å². The molecule has 3 nitrogen and oxygen atoms in total. The van der Waals surface area contributed by atoms with Gasteiger partial charge in [0.05, 0.1) is 16.1 Å². The summed E-state index contributed by atoms with van der Waals surface area (Å²) in [5, 5.41) is 1.11. The van der Waals surface area contributed by atoms with Gasteiger partial charge in [-0.1, -0.05) is 29.3 Å². The fourth-order valence-electron chi connectivity index (χ4n) is 1.77. The molecule has 1 heterocycles. The molecule has 0 bridgehead atoms. The summed E-state index contributed by atoms with van der Waals surface area (Å²) in [6.45, 7) is 0. The van der Waals surface area contributed by atoms with Crippen LogP contribution in [0, 0.1) is 0 Å². The zero-order valence-corrected chi connectivity index (χ0v) is 11.1. The number of hydrogen-bond acceptors (Lipinski definition) is 3. The Morgan fingerprint density at radius 1 is 1.11 bits per heavy atom. The molecule has 0 aliphatic rings.